The van der Waals surface area contributed by atoms with Crippen molar-refractivity contribution in [3.8, 4) is 0 Å². The molecule has 4 heteroatoms. The normalized spacial score (nSPS) is 10.5. The number of carbonyl (C=O) groups is 2. The average Bonchev–Trinajstić information content (AvgIpc) is 2.55. The summed E-state index contributed by atoms with van der Waals surface area (Å²) in [5.74, 6) is 0.245. The highest BCUT2D eigenvalue weighted by Gasteiger charge is 2.04. The molecular formula is C19H29NO3. The first-order valence-electron chi connectivity index (χ1n) is 8.57. The maximum absolute atomic E-state index is 12.0. The van der Waals surface area contributed by atoms with Gasteiger partial charge in [0.05, 0.1) is 6.61 Å². The molecule has 0 heterocycles. The maximum atomic E-state index is 12.0. The molecule has 0 aliphatic carbocycles. The smallest absolute Gasteiger partial charge is 0.251 e. The molecular weight excluding hydrogens is 290 g/mol. The molecule has 1 amide bonds. The molecule has 0 aliphatic rings. The first kappa shape index (κ1) is 19.4. The van der Waals surface area contributed by atoms with Crippen molar-refractivity contribution in [3.05, 3.63) is 35.4 Å². The Bertz CT molecular complexity index is 468. The molecule has 0 aromatic heterocycles. The standard InChI is InChI=1S/C19H29NO3/c1-3-23-15-17-10-12-18(13-11-17)19(22)20-14-8-6-4-5-7-9-16(2)21/h10-13H,3-9,14-15H2,1-2H3,(H,20,22). The summed E-state index contributed by atoms with van der Waals surface area (Å²) in [4.78, 5) is 22.8. The van der Waals surface area contributed by atoms with Crippen molar-refractivity contribution in [1.82, 2.24) is 5.32 Å². The fraction of sp³-hybridized carbons (Fsp3) is 0.579. The molecule has 0 saturated heterocycles. The summed E-state index contributed by atoms with van der Waals surface area (Å²) in [5.41, 5.74) is 1.76. The number of unbranched alkanes of at least 4 members (excludes halogenated alkanes) is 4. The number of Topliss-reactive ketones (excluding diaryl/α,β-unsaturated/α-hetero) is 1. The third-order valence-corrected chi connectivity index (χ3v) is 3.68. The Morgan fingerprint density at radius 2 is 1.65 bits per heavy atom. The minimum Gasteiger partial charge on any atom is -0.377 e. The van der Waals surface area contributed by atoms with Crippen molar-refractivity contribution in [2.24, 2.45) is 0 Å². The quantitative estimate of drug-likeness (QED) is 0.595. The predicted molar refractivity (Wildman–Crippen MR) is 92.5 cm³/mol. The van der Waals surface area contributed by atoms with E-state index >= 15 is 0 Å². The number of rotatable bonds is 12. The van der Waals surface area contributed by atoms with Gasteiger partial charge in [-0.15, -0.1) is 0 Å². The van der Waals surface area contributed by atoms with Gasteiger partial charge in [-0.1, -0.05) is 31.4 Å². The lowest BCUT2D eigenvalue weighted by molar-refractivity contribution is -0.117. The highest BCUT2D eigenvalue weighted by atomic mass is 16.5. The van der Waals surface area contributed by atoms with E-state index in [0.717, 1.165) is 37.7 Å². The second-order valence-electron chi connectivity index (χ2n) is 5.81. The van der Waals surface area contributed by atoms with Crippen molar-refractivity contribution in [1.29, 1.82) is 0 Å². The number of nitrogens with one attached hydrogen (secondary N) is 1. The molecule has 128 valence electrons. The average molecular weight is 319 g/mol. The van der Waals surface area contributed by atoms with Gasteiger partial charge < -0.3 is 14.8 Å². The molecule has 1 aromatic rings. The van der Waals surface area contributed by atoms with E-state index in [1.807, 2.05) is 31.2 Å². The van der Waals surface area contributed by atoms with Crippen LogP contribution < -0.4 is 5.32 Å². The summed E-state index contributed by atoms with van der Waals surface area (Å²) in [6, 6.07) is 7.54. The van der Waals surface area contributed by atoms with Crippen LogP contribution in [-0.4, -0.2) is 24.8 Å². The molecule has 1 aromatic carbocycles. The Morgan fingerprint density at radius 3 is 2.30 bits per heavy atom. The van der Waals surface area contributed by atoms with E-state index in [2.05, 4.69) is 5.32 Å². The van der Waals surface area contributed by atoms with E-state index in [4.69, 9.17) is 4.74 Å². The largest absolute Gasteiger partial charge is 0.377 e. The molecule has 4 nitrogen and oxygen atoms in total. The van der Waals surface area contributed by atoms with Crippen molar-refractivity contribution >= 4 is 11.7 Å². The Labute approximate surface area is 139 Å². The number of ether oxygens (including phenoxy) is 1. The molecule has 1 N–H and O–H groups in total. The van der Waals surface area contributed by atoms with Gasteiger partial charge in [-0.05, 0) is 44.4 Å². The summed E-state index contributed by atoms with van der Waals surface area (Å²) < 4.78 is 5.33. The highest BCUT2D eigenvalue weighted by molar-refractivity contribution is 5.94. The summed E-state index contributed by atoms with van der Waals surface area (Å²) in [6.45, 7) is 5.58. The number of ketones is 1. The third kappa shape index (κ3) is 9.14. The van der Waals surface area contributed by atoms with Crippen LogP contribution in [0.1, 0.15) is 68.3 Å². The Balaban J connectivity index is 2.12. The van der Waals surface area contributed by atoms with Crippen LogP contribution in [0, 0.1) is 0 Å². The van der Waals surface area contributed by atoms with Gasteiger partial charge in [-0.2, -0.15) is 0 Å². The van der Waals surface area contributed by atoms with Crippen LogP contribution in [0.5, 0.6) is 0 Å². The summed E-state index contributed by atoms with van der Waals surface area (Å²) in [7, 11) is 0. The van der Waals surface area contributed by atoms with Gasteiger partial charge >= 0.3 is 0 Å². The fourth-order valence-electron chi connectivity index (χ4n) is 2.31. The molecule has 0 atom stereocenters. The van der Waals surface area contributed by atoms with E-state index in [1.165, 1.54) is 0 Å². The van der Waals surface area contributed by atoms with Crippen molar-refractivity contribution in [3.63, 3.8) is 0 Å². The zero-order valence-corrected chi connectivity index (χ0v) is 14.4. The molecule has 0 spiro atoms. The number of hydrogen-bond donors (Lipinski definition) is 1. The molecule has 0 bridgehead atoms. The fourth-order valence-corrected chi connectivity index (χ4v) is 2.31. The molecule has 0 fully saturated rings. The molecule has 1 rings (SSSR count). The number of benzene rings is 1. The van der Waals surface area contributed by atoms with Gasteiger partial charge in [0.25, 0.3) is 5.91 Å². The number of amides is 1. The molecule has 0 radical (unpaired) electrons. The summed E-state index contributed by atoms with van der Waals surface area (Å²) >= 11 is 0. The summed E-state index contributed by atoms with van der Waals surface area (Å²) in [5, 5.41) is 2.95. The topological polar surface area (TPSA) is 55.4 Å². The molecule has 23 heavy (non-hydrogen) atoms. The van der Waals surface area contributed by atoms with Gasteiger partial charge in [0.2, 0.25) is 0 Å². The van der Waals surface area contributed by atoms with E-state index in [-0.39, 0.29) is 11.7 Å². The molecule has 0 unspecified atom stereocenters. The lowest BCUT2D eigenvalue weighted by Crippen LogP contribution is -2.24. The van der Waals surface area contributed by atoms with E-state index in [9.17, 15) is 9.59 Å². The summed E-state index contributed by atoms with van der Waals surface area (Å²) in [6.07, 6.45) is 5.95. The Morgan fingerprint density at radius 1 is 1.00 bits per heavy atom. The SMILES string of the molecule is CCOCc1ccc(C(=O)NCCCCCCCC(C)=O)cc1. The van der Waals surface area contributed by atoms with E-state index < -0.39 is 0 Å². The first-order chi connectivity index (χ1) is 11.1. The van der Waals surface area contributed by atoms with E-state index in [0.29, 0.717) is 31.7 Å². The minimum absolute atomic E-state index is 0.0236. The van der Waals surface area contributed by atoms with Crippen LogP contribution in [0.25, 0.3) is 0 Å². The lowest BCUT2D eigenvalue weighted by Gasteiger charge is -2.06. The van der Waals surface area contributed by atoms with Crippen LogP contribution in [0.15, 0.2) is 24.3 Å². The molecule has 0 aliphatic heterocycles. The number of carbonyl (C=O) groups excluding carboxylic acids is 2. The van der Waals surface area contributed by atoms with Gasteiger partial charge in [0, 0.05) is 25.1 Å². The van der Waals surface area contributed by atoms with Crippen LogP contribution in [0.2, 0.25) is 0 Å². The Kier molecular flexibility index (Phi) is 9.96. The first-order valence-corrected chi connectivity index (χ1v) is 8.57. The Hall–Kier alpha value is -1.68. The zero-order valence-electron chi connectivity index (χ0n) is 14.4. The van der Waals surface area contributed by atoms with Crippen LogP contribution in [0.3, 0.4) is 0 Å². The monoisotopic (exact) mass is 319 g/mol. The zero-order chi connectivity index (χ0) is 16.9. The highest BCUT2D eigenvalue weighted by Crippen LogP contribution is 2.07. The third-order valence-electron chi connectivity index (χ3n) is 3.68. The number of hydrogen-bond acceptors (Lipinski definition) is 3. The van der Waals surface area contributed by atoms with E-state index in [1.54, 1.807) is 6.92 Å². The van der Waals surface area contributed by atoms with Gasteiger partial charge in [0.1, 0.15) is 5.78 Å². The molecule has 0 saturated carbocycles. The minimum atomic E-state index is -0.0236. The van der Waals surface area contributed by atoms with Crippen molar-refractivity contribution in [2.45, 2.75) is 59.0 Å². The van der Waals surface area contributed by atoms with Gasteiger partial charge in [0.15, 0.2) is 0 Å². The maximum Gasteiger partial charge on any atom is 0.251 e. The second kappa shape index (κ2) is 11.8. The van der Waals surface area contributed by atoms with Gasteiger partial charge in [-0.25, -0.2) is 0 Å². The van der Waals surface area contributed by atoms with Crippen LogP contribution in [-0.2, 0) is 16.1 Å². The second-order valence-corrected chi connectivity index (χ2v) is 5.81. The van der Waals surface area contributed by atoms with Crippen molar-refractivity contribution in [2.75, 3.05) is 13.2 Å². The van der Waals surface area contributed by atoms with Crippen molar-refractivity contribution < 1.29 is 14.3 Å². The predicted octanol–water partition coefficient (Wildman–Crippen LogP) is 3.88. The van der Waals surface area contributed by atoms with Crippen LogP contribution in [0.4, 0.5) is 0 Å². The van der Waals surface area contributed by atoms with Gasteiger partial charge in [-0.3, -0.25) is 4.79 Å². The lowest BCUT2D eigenvalue weighted by atomic mass is 10.1. The van der Waals surface area contributed by atoms with Crippen LogP contribution >= 0.6 is 0 Å².